The van der Waals surface area contributed by atoms with E-state index < -0.39 is 13.0 Å². The van der Waals surface area contributed by atoms with E-state index >= 15 is 0 Å². The van der Waals surface area contributed by atoms with Crippen molar-refractivity contribution >= 4 is 27.8 Å². The van der Waals surface area contributed by atoms with Crippen LogP contribution < -0.4 is 20.9 Å². The van der Waals surface area contributed by atoms with Gasteiger partial charge in [0.25, 0.3) is 0 Å². The summed E-state index contributed by atoms with van der Waals surface area (Å²) in [5.74, 6) is 0.334. The molecular weight excluding hydrogens is 692 g/mol. The van der Waals surface area contributed by atoms with Gasteiger partial charge >= 0.3 is 6.61 Å². The summed E-state index contributed by atoms with van der Waals surface area (Å²) in [6, 6.07) is 11.5. The van der Waals surface area contributed by atoms with E-state index in [4.69, 9.17) is 19.1 Å². The number of rotatable bonds is 10. The molecule has 2 aromatic heterocycles. The van der Waals surface area contributed by atoms with Crippen molar-refractivity contribution in [1.82, 2.24) is 30.1 Å². The summed E-state index contributed by atoms with van der Waals surface area (Å²) in [4.78, 5) is 17.8. The number of hydrogen-bond donors (Lipinski definition) is 4. The van der Waals surface area contributed by atoms with Crippen LogP contribution in [0.5, 0.6) is 5.75 Å². The second kappa shape index (κ2) is 15.0. The van der Waals surface area contributed by atoms with Crippen LogP contribution in [0.2, 0.25) is 0 Å². The van der Waals surface area contributed by atoms with Gasteiger partial charge < -0.3 is 24.4 Å². The van der Waals surface area contributed by atoms with Gasteiger partial charge in [0.05, 0.1) is 22.8 Å². The Morgan fingerprint density at radius 1 is 1.09 bits per heavy atom. The molecule has 2 aliphatic heterocycles. The first kappa shape index (κ1) is 36.0. The minimum absolute atomic E-state index is 0.0187. The number of allylic oxidation sites excluding steroid dienone is 5. The highest BCUT2D eigenvalue weighted by Gasteiger charge is 2.28. The molecule has 4 heterocycles. The molecule has 2 aliphatic carbocycles. The van der Waals surface area contributed by atoms with Crippen molar-refractivity contribution < 1.29 is 28.1 Å². The number of H-pyrrole nitrogens is 1. The average Bonchev–Trinajstić information content (AvgIpc) is 3.96. The summed E-state index contributed by atoms with van der Waals surface area (Å²) in [5, 5.41) is 32.5. The van der Waals surface area contributed by atoms with E-state index in [9.17, 15) is 24.3 Å². The molecule has 0 spiro atoms. The third-order valence-electron chi connectivity index (χ3n) is 11.0. The van der Waals surface area contributed by atoms with E-state index in [0.717, 1.165) is 82.4 Å². The molecule has 2 fully saturated rings. The number of aromatic nitrogens is 3. The Labute approximate surface area is 311 Å². The molecule has 54 heavy (non-hydrogen) atoms. The lowest BCUT2D eigenvalue weighted by molar-refractivity contribution is -0.0853. The van der Waals surface area contributed by atoms with Gasteiger partial charge in [-0.3, -0.25) is 15.1 Å². The molecule has 0 saturated carbocycles. The van der Waals surface area contributed by atoms with Gasteiger partial charge in [0, 0.05) is 48.8 Å². The molecule has 0 radical (unpaired) electrons. The van der Waals surface area contributed by atoms with Crippen molar-refractivity contribution in [2.45, 2.75) is 78.1 Å². The third kappa shape index (κ3) is 7.15. The first-order valence-electron chi connectivity index (χ1n) is 18.5. The zero-order valence-corrected chi connectivity index (χ0v) is 30.3. The fourth-order valence-electron chi connectivity index (χ4n) is 8.36. The quantitative estimate of drug-likeness (QED) is 0.169. The number of hydrogen-bond acceptors (Lipinski definition) is 10. The number of alkyl halides is 2. The standard InChI is InChI=1S/C41H43F2N7O4/c1-23-28(8-5-10-30(23)38-45-33-17-25(21-49-13-3-4-14-49)16-26(20-44)37(33)48-38)29-9-6-11-31(24(29)2)39-46-32-18-27(34(54-40(42)43)19-35(32)53-39)22-50-15-7-12-36(50)47-41(51)52/h5-6,8-9,11,16,18-19,36,40-41,47-48,51-52H,3-4,7,10,12-15,17,21-22H2,1-2H3/t36-/m0/s1. The molecule has 8 rings (SSSR count). The summed E-state index contributed by atoms with van der Waals surface area (Å²) in [6.07, 6.45) is 9.61. The summed E-state index contributed by atoms with van der Waals surface area (Å²) < 4.78 is 38.3. The Bertz CT molecular complexity index is 2360. The van der Waals surface area contributed by atoms with Crippen molar-refractivity contribution in [3.63, 3.8) is 0 Å². The Morgan fingerprint density at radius 2 is 1.91 bits per heavy atom. The smallest absolute Gasteiger partial charge is 0.387 e. The van der Waals surface area contributed by atoms with Crippen LogP contribution in [0.4, 0.5) is 8.78 Å². The lowest BCUT2D eigenvalue weighted by Crippen LogP contribution is -2.45. The molecule has 2 saturated heterocycles. The summed E-state index contributed by atoms with van der Waals surface area (Å²) >= 11 is 0. The first-order valence-corrected chi connectivity index (χ1v) is 18.5. The van der Waals surface area contributed by atoms with Crippen molar-refractivity contribution in [2.24, 2.45) is 0 Å². The zero-order chi connectivity index (χ0) is 37.5. The SMILES string of the molecule is CC1=C(c2cccc(-c3nc4cc(CN5CCC[C@H]5NC(O)O)c(OC(F)F)cc4o3)c2C)C=CCC1=c1nc2c([nH]1)=C(C#N)C=C(CN1CCCC1)C2. The normalized spacial score (nSPS) is 20.5. The average molecular weight is 736 g/mol. The van der Waals surface area contributed by atoms with Gasteiger partial charge in [-0.15, -0.1) is 0 Å². The third-order valence-corrected chi connectivity index (χ3v) is 11.0. The van der Waals surface area contributed by atoms with E-state index in [1.54, 1.807) is 6.07 Å². The number of aromatic amines is 1. The van der Waals surface area contributed by atoms with Crippen LogP contribution in [0.3, 0.4) is 0 Å². The highest BCUT2D eigenvalue weighted by atomic mass is 19.3. The van der Waals surface area contributed by atoms with Crippen LogP contribution in [0.1, 0.15) is 61.4 Å². The maximum absolute atomic E-state index is 13.6. The van der Waals surface area contributed by atoms with Gasteiger partial charge in [0.1, 0.15) is 22.8 Å². The molecule has 4 N–H and O–H groups in total. The van der Waals surface area contributed by atoms with E-state index in [2.05, 4.69) is 46.4 Å². The maximum Gasteiger partial charge on any atom is 0.387 e. The number of aliphatic hydroxyl groups is 2. The van der Waals surface area contributed by atoms with Crippen LogP contribution in [-0.2, 0) is 13.0 Å². The molecule has 13 heteroatoms. The molecular formula is C41H43F2N7O4. The van der Waals surface area contributed by atoms with Crippen molar-refractivity contribution in [2.75, 3.05) is 26.2 Å². The van der Waals surface area contributed by atoms with Gasteiger partial charge in [-0.2, -0.15) is 14.0 Å². The molecule has 2 aromatic carbocycles. The van der Waals surface area contributed by atoms with Gasteiger partial charge in [-0.25, -0.2) is 9.97 Å². The number of likely N-dealkylation sites (tertiary alicyclic amines) is 2. The Morgan fingerprint density at radius 3 is 2.69 bits per heavy atom. The minimum atomic E-state index is -3.04. The number of nitrogens with zero attached hydrogens (tertiary/aromatic N) is 5. The first-order chi connectivity index (χ1) is 26.1. The van der Waals surface area contributed by atoms with Gasteiger partial charge in [0.2, 0.25) is 12.3 Å². The number of benzene rings is 2. The van der Waals surface area contributed by atoms with Crippen LogP contribution in [-0.4, -0.2) is 80.3 Å². The molecule has 0 unspecified atom stereocenters. The molecule has 4 aliphatic rings. The van der Waals surface area contributed by atoms with E-state index in [1.807, 2.05) is 30.0 Å². The maximum atomic E-state index is 13.6. The lowest BCUT2D eigenvalue weighted by atomic mass is 9.87. The fraction of sp³-hybridized carbons (Fsp3) is 0.390. The highest BCUT2D eigenvalue weighted by Crippen LogP contribution is 2.38. The topological polar surface area (TPSA) is 147 Å². The number of halogens is 2. The number of ether oxygens (including phenoxy) is 1. The zero-order valence-electron chi connectivity index (χ0n) is 30.3. The van der Waals surface area contributed by atoms with E-state index in [1.165, 1.54) is 24.5 Å². The van der Waals surface area contributed by atoms with Crippen LogP contribution in [0.25, 0.3) is 39.3 Å². The predicted molar refractivity (Wildman–Crippen MR) is 200 cm³/mol. The Hall–Kier alpha value is -4.97. The van der Waals surface area contributed by atoms with Crippen LogP contribution in [0, 0.1) is 18.3 Å². The summed E-state index contributed by atoms with van der Waals surface area (Å²) in [7, 11) is 0. The molecule has 0 amide bonds. The number of nitriles is 1. The summed E-state index contributed by atoms with van der Waals surface area (Å²) in [6.45, 7) is 5.02. The number of oxazole rings is 1. The van der Waals surface area contributed by atoms with E-state index in [-0.39, 0.29) is 18.5 Å². The van der Waals surface area contributed by atoms with Crippen molar-refractivity contribution in [3.05, 3.63) is 92.9 Å². The largest absolute Gasteiger partial charge is 0.436 e. The van der Waals surface area contributed by atoms with Crippen molar-refractivity contribution in [1.29, 1.82) is 5.26 Å². The molecule has 280 valence electrons. The van der Waals surface area contributed by atoms with Crippen molar-refractivity contribution in [3.8, 4) is 23.3 Å². The number of aliphatic hydroxyl groups excluding tert-OH is 1. The van der Waals surface area contributed by atoms with Gasteiger partial charge in [-0.1, -0.05) is 24.3 Å². The second-order valence-electron chi connectivity index (χ2n) is 14.5. The Kier molecular flexibility index (Phi) is 10.0. The number of nitrogens with one attached hydrogen (secondary N) is 2. The highest BCUT2D eigenvalue weighted by molar-refractivity contribution is 5.91. The van der Waals surface area contributed by atoms with Crippen LogP contribution >= 0.6 is 0 Å². The second-order valence-corrected chi connectivity index (χ2v) is 14.5. The molecule has 4 aromatic rings. The predicted octanol–water partition coefficient (Wildman–Crippen LogP) is 4.74. The molecule has 1 atom stereocenters. The summed E-state index contributed by atoms with van der Waals surface area (Å²) in [5.41, 5.74) is 10.7. The number of imidazole rings is 1. The van der Waals surface area contributed by atoms with Gasteiger partial charge in [-0.05, 0) is 105 Å². The van der Waals surface area contributed by atoms with E-state index in [0.29, 0.717) is 47.5 Å². The molecule has 11 nitrogen and oxygen atoms in total. The number of fused-ring (bicyclic) bond motifs is 2. The van der Waals surface area contributed by atoms with Gasteiger partial charge in [0.15, 0.2) is 5.58 Å². The molecule has 0 bridgehead atoms. The van der Waals surface area contributed by atoms with Crippen LogP contribution in [0.15, 0.2) is 64.1 Å². The Balaban J connectivity index is 1.12. The lowest BCUT2D eigenvalue weighted by Gasteiger charge is -2.26. The monoisotopic (exact) mass is 735 g/mol. The fourth-order valence-corrected chi connectivity index (χ4v) is 8.36. The minimum Gasteiger partial charge on any atom is -0.436 e.